The molecule has 102 valence electrons. The molecule has 0 spiro atoms. The molecule has 0 bridgehead atoms. The number of nitrogens with one attached hydrogen (secondary N) is 1. The highest BCUT2D eigenvalue weighted by atomic mass is 16.5. The minimum atomic E-state index is 0.0322. The lowest BCUT2D eigenvalue weighted by Crippen LogP contribution is -2.25. The van der Waals surface area contributed by atoms with Crippen molar-refractivity contribution in [1.29, 1.82) is 0 Å². The largest absolute Gasteiger partial charge is 0.490 e. The van der Waals surface area contributed by atoms with Crippen LogP contribution in [-0.4, -0.2) is 62.6 Å². The summed E-state index contributed by atoms with van der Waals surface area (Å²) in [6.45, 7) is 1.54. The zero-order chi connectivity index (χ0) is 13.4. The van der Waals surface area contributed by atoms with Crippen molar-refractivity contribution < 1.29 is 14.6 Å². The van der Waals surface area contributed by atoms with E-state index in [4.69, 9.17) is 14.6 Å². The molecule has 0 unspecified atom stereocenters. The van der Waals surface area contributed by atoms with E-state index >= 15 is 0 Å². The van der Waals surface area contributed by atoms with Crippen molar-refractivity contribution in [1.82, 2.24) is 9.97 Å². The number of nitrogens with zero attached hydrogens (tertiary/aromatic N) is 3. The van der Waals surface area contributed by atoms with Gasteiger partial charge in [-0.2, -0.15) is 0 Å². The maximum absolute atomic E-state index is 8.61. The van der Waals surface area contributed by atoms with E-state index in [9.17, 15) is 0 Å². The number of hydrogen-bond donors (Lipinski definition) is 2. The molecule has 0 fully saturated rings. The molecule has 0 atom stereocenters. The molecule has 0 aliphatic heterocycles. The second-order valence-electron chi connectivity index (χ2n) is 3.59. The van der Waals surface area contributed by atoms with Gasteiger partial charge < -0.3 is 24.8 Å². The van der Waals surface area contributed by atoms with Crippen LogP contribution in [0.4, 0.5) is 11.6 Å². The number of aliphatic hydroxyl groups excluding tert-OH is 1. The maximum Gasteiger partial charge on any atom is 0.204 e. The van der Waals surface area contributed by atoms with Crippen LogP contribution < -0.4 is 15.0 Å². The highest BCUT2D eigenvalue weighted by Gasteiger charge is 2.14. The topological polar surface area (TPSA) is 79.7 Å². The Hall–Kier alpha value is -1.60. The van der Waals surface area contributed by atoms with E-state index in [-0.39, 0.29) is 6.61 Å². The number of aromatic nitrogens is 2. The Morgan fingerprint density at radius 2 is 2.17 bits per heavy atom. The van der Waals surface area contributed by atoms with Gasteiger partial charge in [0.05, 0.1) is 26.9 Å². The summed E-state index contributed by atoms with van der Waals surface area (Å²) in [6.07, 6.45) is 1.48. The van der Waals surface area contributed by atoms with Crippen LogP contribution in [0.3, 0.4) is 0 Å². The number of ether oxygens (including phenoxy) is 2. The number of anilines is 2. The SMILES string of the molecule is CNc1ncnc(N(C)CCOCCO)c1OC. The lowest BCUT2D eigenvalue weighted by Gasteiger charge is -2.21. The average molecular weight is 256 g/mol. The van der Waals surface area contributed by atoms with Gasteiger partial charge in [-0.3, -0.25) is 0 Å². The minimum absolute atomic E-state index is 0.0322. The van der Waals surface area contributed by atoms with Crippen LogP contribution in [0.2, 0.25) is 0 Å². The Labute approximate surface area is 107 Å². The first kappa shape index (κ1) is 14.5. The van der Waals surface area contributed by atoms with E-state index in [1.54, 1.807) is 14.2 Å². The Kier molecular flexibility index (Phi) is 6.16. The van der Waals surface area contributed by atoms with E-state index in [1.807, 2.05) is 11.9 Å². The summed E-state index contributed by atoms with van der Waals surface area (Å²) in [7, 11) is 5.25. The standard InChI is InChI=1S/C11H20N4O3/c1-12-10-9(17-3)11(14-8-13-10)15(2)4-6-18-7-5-16/h8,16H,4-7H2,1-3H3,(H,12,13,14). The van der Waals surface area contributed by atoms with Crippen LogP contribution in [0.1, 0.15) is 0 Å². The highest BCUT2D eigenvalue weighted by Crippen LogP contribution is 2.30. The van der Waals surface area contributed by atoms with Crippen molar-refractivity contribution in [2.45, 2.75) is 0 Å². The second kappa shape index (κ2) is 7.67. The molecule has 7 heteroatoms. The summed E-state index contributed by atoms with van der Waals surface area (Å²) in [5.41, 5.74) is 0. The average Bonchev–Trinajstić information content (AvgIpc) is 2.42. The van der Waals surface area contributed by atoms with Crippen molar-refractivity contribution in [2.24, 2.45) is 0 Å². The smallest absolute Gasteiger partial charge is 0.204 e. The minimum Gasteiger partial charge on any atom is -0.490 e. The van der Waals surface area contributed by atoms with Gasteiger partial charge in [0.2, 0.25) is 5.75 Å². The maximum atomic E-state index is 8.61. The molecule has 1 aromatic rings. The van der Waals surface area contributed by atoms with Crippen LogP contribution in [0, 0.1) is 0 Å². The molecule has 0 aliphatic rings. The van der Waals surface area contributed by atoms with E-state index in [2.05, 4.69) is 15.3 Å². The predicted molar refractivity (Wildman–Crippen MR) is 69.3 cm³/mol. The van der Waals surface area contributed by atoms with Crippen LogP contribution in [-0.2, 0) is 4.74 Å². The third kappa shape index (κ3) is 3.71. The first-order chi connectivity index (χ1) is 8.74. The normalized spacial score (nSPS) is 10.2. The molecular formula is C11H20N4O3. The third-order valence-electron chi connectivity index (χ3n) is 2.39. The van der Waals surface area contributed by atoms with Gasteiger partial charge in [0.15, 0.2) is 11.6 Å². The van der Waals surface area contributed by atoms with Gasteiger partial charge in [-0.15, -0.1) is 0 Å². The number of aliphatic hydroxyl groups is 1. The van der Waals surface area contributed by atoms with Crippen LogP contribution in [0.15, 0.2) is 6.33 Å². The van der Waals surface area contributed by atoms with Gasteiger partial charge >= 0.3 is 0 Å². The van der Waals surface area contributed by atoms with Crippen LogP contribution >= 0.6 is 0 Å². The van der Waals surface area contributed by atoms with Crippen molar-refractivity contribution >= 4 is 11.6 Å². The molecule has 0 saturated heterocycles. The second-order valence-corrected chi connectivity index (χ2v) is 3.59. The summed E-state index contributed by atoms with van der Waals surface area (Å²) in [5, 5.41) is 11.6. The summed E-state index contributed by atoms with van der Waals surface area (Å²) < 4.78 is 10.5. The quantitative estimate of drug-likeness (QED) is 0.632. The fraction of sp³-hybridized carbons (Fsp3) is 0.636. The Morgan fingerprint density at radius 3 is 2.78 bits per heavy atom. The van der Waals surface area contributed by atoms with Crippen LogP contribution in [0.25, 0.3) is 0 Å². The van der Waals surface area contributed by atoms with Crippen molar-refractivity contribution in [2.75, 3.05) is 57.8 Å². The molecule has 1 heterocycles. The van der Waals surface area contributed by atoms with Crippen molar-refractivity contribution in [3.05, 3.63) is 6.33 Å². The van der Waals surface area contributed by atoms with E-state index in [1.165, 1.54) is 6.33 Å². The molecule has 18 heavy (non-hydrogen) atoms. The van der Waals surface area contributed by atoms with Gasteiger partial charge in [-0.05, 0) is 0 Å². The van der Waals surface area contributed by atoms with Crippen LogP contribution in [0.5, 0.6) is 5.75 Å². The lowest BCUT2D eigenvalue weighted by molar-refractivity contribution is 0.0970. The zero-order valence-electron chi connectivity index (χ0n) is 11.0. The van der Waals surface area contributed by atoms with Crippen molar-refractivity contribution in [3.63, 3.8) is 0 Å². The molecule has 1 rings (SSSR count). The van der Waals surface area contributed by atoms with Gasteiger partial charge in [0, 0.05) is 20.6 Å². The molecule has 2 N–H and O–H groups in total. The fourth-order valence-corrected chi connectivity index (χ4v) is 1.48. The Morgan fingerprint density at radius 1 is 1.39 bits per heavy atom. The van der Waals surface area contributed by atoms with Crippen molar-refractivity contribution in [3.8, 4) is 5.75 Å². The Bertz CT molecular complexity index is 362. The highest BCUT2D eigenvalue weighted by molar-refractivity contribution is 5.64. The van der Waals surface area contributed by atoms with E-state index in [0.717, 1.165) is 0 Å². The number of likely N-dealkylation sites (N-methyl/N-ethyl adjacent to an activating group) is 1. The van der Waals surface area contributed by atoms with Gasteiger partial charge in [0.25, 0.3) is 0 Å². The molecular weight excluding hydrogens is 236 g/mol. The van der Waals surface area contributed by atoms with E-state index < -0.39 is 0 Å². The molecule has 0 radical (unpaired) electrons. The first-order valence-corrected chi connectivity index (χ1v) is 5.71. The molecule has 0 aromatic carbocycles. The monoisotopic (exact) mass is 256 g/mol. The molecule has 0 aliphatic carbocycles. The number of hydrogen-bond acceptors (Lipinski definition) is 7. The summed E-state index contributed by atoms with van der Waals surface area (Å²) in [6, 6.07) is 0. The molecule has 0 saturated carbocycles. The molecule has 7 nitrogen and oxygen atoms in total. The van der Waals surface area contributed by atoms with E-state index in [0.29, 0.717) is 37.1 Å². The molecule has 1 aromatic heterocycles. The number of rotatable bonds is 8. The Balaban J connectivity index is 2.69. The number of methoxy groups -OCH3 is 1. The fourth-order valence-electron chi connectivity index (χ4n) is 1.48. The van der Waals surface area contributed by atoms with Gasteiger partial charge in [-0.25, -0.2) is 9.97 Å². The third-order valence-corrected chi connectivity index (χ3v) is 2.39. The molecule has 0 amide bonds. The predicted octanol–water partition coefficient (Wildman–Crippen LogP) is -0.0280. The van der Waals surface area contributed by atoms with Gasteiger partial charge in [0.1, 0.15) is 6.33 Å². The first-order valence-electron chi connectivity index (χ1n) is 5.71. The zero-order valence-corrected chi connectivity index (χ0v) is 11.0. The summed E-state index contributed by atoms with van der Waals surface area (Å²) in [4.78, 5) is 10.2. The lowest BCUT2D eigenvalue weighted by atomic mass is 10.4. The summed E-state index contributed by atoms with van der Waals surface area (Å²) >= 11 is 0. The van der Waals surface area contributed by atoms with Gasteiger partial charge in [-0.1, -0.05) is 0 Å². The summed E-state index contributed by atoms with van der Waals surface area (Å²) in [5.74, 6) is 1.94.